The number of hydrogen-bond donors (Lipinski definition) is 0. The van der Waals surface area contributed by atoms with Crippen molar-refractivity contribution in [2.75, 3.05) is 0 Å². The molecule has 2 heterocycles. The normalized spacial score (nSPS) is 12.7. The highest BCUT2D eigenvalue weighted by Gasteiger charge is 2.24. The Morgan fingerprint density at radius 3 is 2.48 bits per heavy atom. The lowest BCUT2D eigenvalue weighted by atomic mass is 9.97. The Morgan fingerprint density at radius 1 is 0.897 bits per heavy atom. The minimum absolute atomic E-state index is 0.441. The molecule has 0 bridgehead atoms. The maximum Gasteiger partial charge on any atom is 0.168 e. The van der Waals surface area contributed by atoms with E-state index >= 15 is 0 Å². The third kappa shape index (κ3) is 3.06. The zero-order valence-corrected chi connectivity index (χ0v) is 16.8. The maximum absolute atomic E-state index is 6.55. The van der Waals surface area contributed by atoms with Crippen LogP contribution in [0.2, 0.25) is 5.02 Å². The zero-order valence-electron chi connectivity index (χ0n) is 16.0. The monoisotopic (exact) mass is 398 g/mol. The Balaban J connectivity index is 1.78. The van der Waals surface area contributed by atoms with E-state index in [4.69, 9.17) is 16.6 Å². The van der Waals surface area contributed by atoms with Crippen molar-refractivity contribution in [2.24, 2.45) is 4.99 Å². The van der Waals surface area contributed by atoms with Crippen LogP contribution in [0.4, 0.5) is 0 Å². The Hall–Kier alpha value is -3.24. The average Bonchev–Trinajstić information content (AvgIpc) is 3.12. The number of benzene rings is 3. The molecule has 1 aliphatic heterocycles. The highest BCUT2D eigenvalue weighted by atomic mass is 35.5. The molecule has 0 saturated carbocycles. The first-order valence-electron chi connectivity index (χ1n) is 9.69. The Labute approximate surface area is 174 Å². The van der Waals surface area contributed by atoms with Gasteiger partial charge in [0.2, 0.25) is 0 Å². The van der Waals surface area contributed by atoms with E-state index in [1.807, 2.05) is 42.5 Å². The van der Waals surface area contributed by atoms with Crippen molar-refractivity contribution >= 4 is 17.3 Å². The third-order valence-corrected chi connectivity index (χ3v) is 5.56. The van der Waals surface area contributed by atoms with E-state index in [-0.39, 0.29) is 0 Å². The van der Waals surface area contributed by atoms with E-state index in [1.165, 1.54) is 5.56 Å². The van der Waals surface area contributed by atoms with Crippen molar-refractivity contribution in [3.05, 3.63) is 100 Å². The molecule has 0 unspecified atom stereocenters. The quantitative estimate of drug-likeness (QED) is 0.457. The molecule has 142 valence electrons. The molecule has 0 saturated heterocycles. The van der Waals surface area contributed by atoms with Gasteiger partial charge in [-0.3, -0.25) is 9.56 Å². The lowest BCUT2D eigenvalue weighted by Gasteiger charge is -2.15. The highest BCUT2D eigenvalue weighted by Crippen LogP contribution is 2.32. The molecular weight excluding hydrogens is 380 g/mol. The molecule has 4 nitrogen and oxygen atoms in total. The first kappa shape index (κ1) is 17.8. The summed E-state index contributed by atoms with van der Waals surface area (Å²) >= 11 is 6.55. The second kappa shape index (κ2) is 7.30. The van der Waals surface area contributed by atoms with Gasteiger partial charge in [0.05, 0.1) is 11.4 Å². The summed E-state index contributed by atoms with van der Waals surface area (Å²) in [5.41, 5.74) is 6.18. The summed E-state index contributed by atoms with van der Waals surface area (Å²) < 4.78 is 2.12. The number of aliphatic imine (C=N–C) groups is 1. The number of aryl methyl sites for hydroxylation is 1. The fourth-order valence-corrected chi connectivity index (χ4v) is 3.98. The Kier molecular flexibility index (Phi) is 4.49. The summed E-state index contributed by atoms with van der Waals surface area (Å²) in [6, 6.07) is 24.5. The summed E-state index contributed by atoms with van der Waals surface area (Å²) in [5, 5.41) is 9.64. The van der Waals surface area contributed by atoms with Gasteiger partial charge in [-0.25, -0.2) is 0 Å². The number of nitrogens with zero attached hydrogens (tertiary/aromatic N) is 4. The van der Waals surface area contributed by atoms with Crippen molar-refractivity contribution in [1.82, 2.24) is 14.8 Å². The summed E-state index contributed by atoms with van der Waals surface area (Å²) in [7, 11) is 0. The van der Waals surface area contributed by atoms with Crippen LogP contribution in [-0.2, 0) is 13.0 Å². The van der Waals surface area contributed by atoms with Gasteiger partial charge in [0, 0.05) is 21.7 Å². The highest BCUT2D eigenvalue weighted by molar-refractivity contribution is 6.35. The van der Waals surface area contributed by atoms with Crippen molar-refractivity contribution < 1.29 is 0 Å². The van der Waals surface area contributed by atoms with Gasteiger partial charge in [-0.05, 0) is 30.2 Å². The molecule has 3 aromatic carbocycles. The van der Waals surface area contributed by atoms with E-state index in [9.17, 15) is 0 Å². The predicted octanol–water partition coefficient (Wildman–Crippen LogP) is 5.50. The van der Waals surface area contributed by atoms with Crippen molar-refractivity contribution in [3.63, 3.8) is 0 Å². The second-order valence-electron chi connectivity index (χ2n) is 6.99. The number of fused-ring (bicyclic) bond motifs is 3. The topological polar surface area (TPSA) is 43.1 Å². The van der Waals surface area contributed by atoms with Gasteiger partial charge < -0.3 is 0 Å². The van der Waals surface area contributed by atoms with Crippen LogP contribution >= 0.6 is 11.6 Å². The fraction of sp³-hybridized carbons (Fsp3) is 0.125. The van der Waals surface area contributed by atoms with Gasteiger partial charge in [-0.1, -0.05) is 73.1 Å². The molecule has 0 fully saturated rings. The molecule has 0 amide bonds. The van der Waals surface area contributed by atoms with Gasteiger partial charge in [0.1, 0.15) is 6.54 Å². The Bertz CT molecular complexity index is 1220. The first-order chi connectivity index (χ1) is 14.3. The predicted molar refractivity (Wildman–Crippen MR) is 117 cm³/mol. The second-order valence-corrected chi connectivity index (χ2v) is 7.40. The van der Waals surface area contributed by atoms with Crippen LogP contribution in [0.1, 0.15) is 29.4 Å². The largest absolute Gasteiger partial charge is 0.277 e. The van der Waals surface area contributed by atoms with Gasteiger partial charge in [0.15, 0.2) is 11.6 Å². The van der Waals surface area contributed by atoms with Crippen LogP contribution in [0.5, 0.6) is 0 Å². The summed E-state index contributed by atoms with van der Waals surface area (Å²) in [4.78, 5) is 4.93. The van der Waals surface area contributed by atoms with Crippen LogP contribution in [0, 0.1) is 0 Å². The lowest BCUT2D eigenvalue weighted by molar-refractivity contribution is 0.871. The van der Waals surface area contributed by atoms with E-state index in [2.05, 4.69) is 52.0 Å². The molecule has 29 heavy (non-hydrogen) atoms. The smallest absolute Gasteiger partial charge is 0.168 e. The van der Waals surface area contributed by atoms with Crippen molar-refractivity contribution in [3.8, 4) is 17.1 Å². The first-order valence-corrected chi connectivity index (χ1v) is 10.1. The molecule has 0 N–H and O–H groups in total. The van der Waals surface area contributed by atoms with Gasteiger partial charge in [0.25, 0.3) is 0 Å². The van der Waals surface area contributed by atoms with E-state index in [0.29, 0.717) is 11.6 Å². The molecule has 1 aromatic heterocycles. The Morgan fingerprint density at radius 2 is 1.69 bits per heavy atom. The van der Waals surface area contributed by atoms with Crippen molar-refractivity contribution in [1.29, 1.82) is 0 Å². The minimum atomic E-state index is 0.441. The lowest BCUT2D eigenvalue weighted by Crippen LogP contribution is -2.09. The molecule has 4 aromatic rings. The van der Waals surface area contributed by atoms with E-state index in [0.717, 1.165) is 46.2 Å². The van der Waals surface area contributed by atoms with Crippen LogP contribution in [0.15, 0.2) is 77.8 Å². The fourth-order valence-electron chi connectivity index (χ4n) is 3.75. The van der Waals surface area contributed by atoms with Gasteiger partial charge in [-0.15, -0.1) is 10.2 Å². The summed E-state index contributed by atoms with van der Waals surface area (Å²) in [6.45, 7) is 2.60. The average molecular weight is 399 g/mol. The maximum atomic E-state index is 6.55. The molecule has 5 rings (SSSR count). The molecular formula is C24H19ClN4. The molecule has 0 atom stereocenters. The summed E-state index contributed by atoms with van der Waals surface area (Å²) in [6.07, 6.45) is 0.948. The molecule has 0 radical (unpaired) electrons. The number of halogens is 1. The minimum Gasteiger partial charge on any atom is -0.277 e. The van der Waals surface area contributed by atoms with Crippen LogP contribution in [-0.4, -0.2) is 20.5 Å². The van der Waals surface area contributed by atoms with E-state index < -0.39 is 0 Å². The summed E-state index contributed by atoms with van der Waals surface area (Å²) in [5.74, 6) is 1.64. The zero-order chi connectivity index (χ0) is 19.8. The number of aromatic nitrogens is 3. The molecule has 0 aliphatic carbocycles. The van der Waals surface area contributed by atoms with Gasteiger partial charge in [-0.2, -0.15) is 0 Å². The van der Waals surface area contributed by atoms with Crippen LogP contribution in [0.3, 0.4) is 0 Å². The van der Waals surface area contributed by atoms with Gasteiger partial charge >= 0.3 is 0 Å². The third-order valence-electron chi connectivity index (χ3n) is 5.23. The number of rotatable bonds is 3. The molecule has 5 heteroatoms. The number of hydrogen-bond acceptors (Lipinski definition) is 3. The standard InChI is InChI=1S/C24H19ClN4/c1-2-16-12-13-21-19(14-16)23(18-10-6-7-11-20(18)25)26-15-22-27-28-24(29(21)22)17-8-4-3-5-9-17/h3-14H,2,15H2,1H3. The van der Waals surface area contributed by atoms with Crippen LogP contribution < -0.4 is 0 Å². The van der Waals surface area contributed by atoms with Crippen molar-refractivity contribution in [2.45, 2.75) is 19.9 Å². The van der Waals surface area contributed by atoms with E-state index in [1.54, 1.807) is 0 Å². The van der Waals surface area contributed by atoms with Crippen LogP contribution in [0.25, 0.3) is 17.1 Å². The molecule has 1 aliphatic rings. The SMILES string of the molecule is CCc1ccc2c(c1)C(c1ccccc1Cl)=NCc1nnc(-c3ccccc3)n1-2. The molecule has 0 spiro atoms.